The second-order valence-electron chi connectivity index (χ2n) is 5.64. The van der Waals surface area contributed by atoms with Crippen LogP contribution in [0.2, 0.25) is 0 Å². The van der Waals surface area contributed by atoms with Crippen molar-refractivity contribution in [3.8, 4) is 5.75 Å². The fourth-order valence-electron chi connectivity index (χ4n) is 1.72. The molecule has 0 saturated carbocycles. The quantitative estimate of drug-likeness (QED) is 0.833. The van der Waals surface area contributed by atoms with Gasteiger partial charge in [0.15, 0.2) is 0 Å². The van der Waals surface area contributed by atoms with Gasteiger partial charge in [-0.3, -0.25) is 0 Å². The van der Waals surface area contributed by atoms with Gasteiger partial charge in [0.25, 0.3) is 0 Å². The molecule has 8 heteroatoms. The molecule has 126 valence electrons. The van der Waals surface area contributed by atoms with Crippen LogP contribution in [0.4, 0.5) is 17.6 Å². The van der Waals surface area contributed by atoms with Crippen LogP contribution in [0.3, 0.4) is 0 Å². The second-order valence-corrected chi connectivity index (χ2v) is 7.69. The zero-order chi connectivity index (χ0) is 17.1. The number of ether oxygens (including phenoxy) is 1. The van der Waals surface area contributed by atoms with E-state index >= 15 is 0 Å². The first kappa shape index (κ1) is 18.9. The average molecular weight is 341 g/mol. The summed E-state index contributed by atoms with van der Waals surface area (Å²) in [7, 11) is -0.312. The van der Waals surface area contributed by atoms with Crippen LogP contribution < -0.4 is 9.46 Å². The molecule has 0 aliphatic carbocycles. The van der Waals surface area contributed by atoms with Gasteiger partial charge in [-0.25, -0.2) is 13.3 Å². The van der Waals surface area contributed by atoms with Crippen molar-refractivity contribution in [3.63, 3.8) is 0 Å². The Balaban J connectivity index is 2.92. The van der Waals surface area contributed by atoms with E-state index in [9.17, 15) is 21.8 Å². The summed E-state index contributed by atoms with van der Waals surface area (Å²) < 4.78 is 71.3. The number of rotatable bonds is 5. The summed E-state index contributed by atoms with van der Waals surface area (Å²) >= 11 is 0. The Labute approximate surface area is 129 Å². The number of hydrogen-bond acceptors (Lipinski definition) is 2. The lowest BCUT2D eigenvalue weighted by molar-refractivity contribution is -0.141. The summed E-state index contributed by atoms with van der Waals surface area (Å²) in [5.41, 5.74) is -1.52. The number of alkyl halides is 3. The molecule has 0 heterocycles. The molecule has 1 aromatic carbocycles. The van der Waals surface area contributed by atoms with Crippen LogP contribution in [0.5, 0.6) is 5.75 Å². The third-order valence-corrected chi connectivity index (χ3v) is 4.45. The molecule has 0 fully saturated rings. The van der Waals surface area contributed by atoms with Gasteiger partial charge in [0.05, 0.1) is 22.8 Å². The maximum absolute atomic E-state index is 14.1. The van der Waals surface area contributed by atoms with Gasteiger partial charge in [-0.15, -0.1) is 0 Å². The minimum atomic E-state index is -4.84. The third kappa shape index (κ3) is 4.67. The van der Waals surface area contributed by atoms with Gasteiger partial charge < -0.3 is 4.74 Å². The number of benzene rings is 1. The fraction of sp³-hybridized carbons (Fsp3) is 0.571. The van der Waals surface area contributed by atoms with E-state index in [-0.39, 0.29) is 18.5 Å². The molecule has 0 spiro atoms. The number of halogens is 4. The first-order valence-electron chi connectivity index (χ1n) is 6.56. The molecule has 22 heavy (non-hydrogen) atoms. The molecule has 0 aliphatic heterocycles. The average Bonchev–Trinajstić information content (AvgIpc) is 2.37. The van der Waals surface area contributed by atoms with Gasteiger partial charge in [-0.05, 0) is 38.8 Å². The van der Waals surface area contributed by atoms with Gasteiger partial charge in [-0.2, -0.15) is 13.2 Å². The zero-order valence-electron chi connectivity index (χ0n) is 12.8. The molecule has 0 radical (unpaired) electrons. The highest BCUT2D eigenvalue weighted by atomic mass is 32.2. The highest BCUT2D eigenvalue weighted by molar-refractivity contribution is 7.84. The highest BCUT2D eigenvalue weighted by Crippen LogP contribution is 2.39. The summed E-state index contributed by atoms with van der Waals surface area (Å²) in [4.78, 5) is 0. The van der Waals surface area contributed by atoms with Crippen LogP contribution in [0, 0.1) is 5.82 Å². The predicted molar refractivity (Wildman–Crippen MR) is 77.6 cm³/mol. The molecular formula is C14H19F4NO2S. The smallest absolute Gasteiger partial charge is 0.422 e. The maximum atomic E-state index is 14.1. The standard InChI is InChI=1S/C14H19F4NO2S/c1-13(2,3)22(20)19-8-7-9-5-6-10(21-4)11(12(9)15)14(16,17)18/h5-6,19H,7-8H2,1-4H3. The van der Waals surface area contributed by atoms with Gasteiger partial charge in [0.1, 0.15) is 17.1 Å². The Kier molecular flexibility index (Phi) is 5.97. The van der Waals surface area contributed by atoms with Crippen molar-refractivity contribution >= 4 is 11.0 Å². The first-order chi connectivity index (χ1) is 9.98. The molecule has 0 aliphatic rings. The normalized spacial score (nSPS) is 14.0. The van der Waals surface area contributed by atoms with Crippen molar-refractivity contribution < 1.29 is 26.5 Å². The summed E-state index contributed by atoms with van der Waals surface area (Å²) in [5.74, 6) is -1.91. The molecule has 0 bridgehead atoms. The lowest BCUT2D eigenvalue weighted by Crippen LogP contribution is -2.34. The zero-order valence-corrected chi connectivity index (χ0v) is 13.6. The van der Waals surface area contributed by atoms with Gasteiger partial charge in [-0.1, -0.05) is 6.07 Å². The first-order valence-corrected chi connectivity index (χ1v) is 7.71. The number of methoxy groups -OCH3 is 1. The molecule has 1 unspecified atom stereocenters. The van der Waals surface area contributed by atoms with Crippen molar-refractivity contribution in [3.05, 3.63) is 29.1 Å². The van der Waals surface area contributed by atoms with E-state index in [1.807, 2.05) is 0 Å². The van der Waals surface area contributed by atoms with Crippen molar-refractivity contribution in [1.82, 2.24) is 4.72 Å². The molecule has 3 nitrogen and oxygen atoms in total. The SMILES string of the molecule is COc1ccc(CCNS(=O)C(C)(C)C)c(F)c1C(F)(F)F. The summed E-state index contributed by atoms with van der Waals surface area (Å²) in [6.07, 6.45) is -4.85. The van der Waals surface area contributed by atoms with Crippen molar-refractivity contribution in [2.45, 2.75) is 38.1 Å². The summed E-state index contributed by atoms with van der Waals surface area (Å²) in [5, 5.41) is 0. The Bertz CT molecular complexity index is 553. The monoisotopic (exact) mass is 341 g/mol. The van der Waals surface area contributed by atoms with Crippen LogP contribution >= 0.6 is 0 Å². The van der Waals surface area contributed by atoms with Crippen LogP contribution in [-0.2, 0) is 23.6 Å². The van der Waals surface area contributed by atoms with Crippen LogP contribution in [0.15, 0.2) is 12.1 Å². The van der Waals surface area contributed by atoms with Crippen molar-refractivity contribution in [2.24, 2.45) is 0 Å². The minimum absolute atomic E-state index is 0.0132. The molecular weight excluding hydrogens is 322 g/mol. The Hall–Kier alpha value is -1.15. The third-order valence-electron chi connectivity index (χ3n) is 2.87. The summed E-state index contributed by atoms with van der Waals surface area (Å²) in [6.45, 7) is 5.37. The van der Waals surface area contributed by atoms with E-state index in [1.165, 1.54) is 6.07 Å². The largest absolute Gasteiger partial charge is 0.496 e. The van der Waals surface area contributed by atoms with E-state index in [1.54, 1.807) is 20.8 Å². The molecule has 1 N–H and O–H groups in total. The van der Waals surface area contributed by atoms with E-state index in [0.717, 1.165) is 13.2 Å². The molecule has 1 atom stereocenters. The Morgan fingerprint density at radius 1 is 1.23 bits per heavy atom. The van der Waals surface area contributed by atoms with Gasteiger partial charge in [0.2, 0.25) is 0 Å². The second kappa shape index (κ2) is 6.95. The molecule has 0 aromatic heterocycles. The number of nitrogens with one attached hydrogen (secondary N) is 1. The lowest BCUT2D eigenvalue weighted by Gasteiger charge is -2.19. The van der Waals surface area contributed by atoms with Crippen molar-refractivity contribution in [1.29, 1.82) is 0 Å². The van der Waals surface area contributed by atoms with Gasteiger partial charge in [0, 0.05) is 6.54 Å². The van der Waals surface area contributed by atoms with Crippen molar-refractivity contribution in [2.75, 3.05) is 13.7 Å². The van der Waals surface area contributed by atoms with Crippen LogP contribution in [0.25, 0.3) is 0 Å². The van der Waals surface area contributed by atoms with Gasteiger partial charge >= 0.3 is 6.18 Å². The molecule has 0 saturated heterocycles. The Morgan fingerprint density at radius 3 is 2.27 bits per heavy atom. The lowest BCUT2D eigenvalue weighted by atomic mass is 10.1. The predicted octanol–water partition coefficient (Wildman–Crippen LogP) is 3.45. The molecule has 1 aromatic rings. The van der Waals surface area contributed by atoms with E-state index in [4.69, 9.17) is 0 Å². The Morgan fingerprint density at radius 2 is 1.82 bits per heavy atom. The minimum Gasteiger partial charge on any atom is -0.496 e. The van der Waals surface area contributed by atoms with E-state index < -0.39 is 39.0 Å². The molecule has 1 rings (SSSR count). The molecule has 0 amide bonds. The maximum Gasteiger partial charge on any atom is 0.422 e. The topological polar surface area (TPSA) is 38.3 Å². The fourth-order valence-corrected chi connectivity index (χ4v) is 2.44. The van der Waals surface area contributed by atoms with E-state index in [2.05, 4.69) is 9.46 Å². The van der Waals surface area contributed by atoms with Crippen LogP contribution in [0.1, 0.15) is 31.9 Å². The number of hydrogen-bond donors (Lipinski definition) is 1. The highest BCUT2D eigenvalue weighted by Gasteiger charge is 2.38. The summed E-state index contributed by atoms with van der Waals surface area (Å²) in [6, 6.07) is 2.33. The van der Waals surface area contributed by atoms with Crippen LogP contribution in [-0.4, -0.2) is 22.6 Å². The van der Waals surface area contributed by atoms with E-state index in [0.29, 0.717) is 0 Å².